The molecule has 4 heteroatoms. The van der Waals surface area contributed by atoms with Gasteiger partial charge in [-0.15, -0.1) is 0 Å². The van der Waals surface area contributed by atoms with E-state index in [0.29, 0.717) is 11.3 Å². The fraction of sp³-hybridized carbons (Fsp3) is 0.850. The van der Waals surface area contributed by atoms with Crippen molar-refractivity contribution >= 4 is 0 Å². The van der Waals surface area contributed by atoms with Crippen molar-refractivity contribution < 1.29 is 9.26 Å². The third-order valence-corrected chi connectivity index (χ3v) is 5.86. The highest BCUT2D eigenvalue weighted by Gasteiger charge is 2.46. The molecule has 2 heterocycles. The molecule has 2 fully saturated rings. The monoisotopic (exact) mass is 334 g/mol. The molecule has 4 nitrogen and oxygen atoms in total. The molecule has 1 aromatic rings. The number of rotatable bonds is 6. The van der Waals surface area contributed by atoms with Crippen molar-refractivity contribution in [3.8, 4) is 0 Å². The van der Waals surface area contributed by atoms with Gasteiger partial charge in [0.05, 0.1) is 17.9 Å². The standard InChI is InChI=1S/C20H34N2O2/c1-5-6-11-22(4)12-17-13-24-21-18(17)16-7-9-20(10-8-16)14-19(2,3)15-23-20/h13,16H,5-12,14-15H2,1-4H3. The van der Waals surface area contributed by atoms with E-state index in [1.807, 2.05) is 6.26 Å². The van der Waals surface area contributed by atoms with Gasteiger partial charge in [-0.25, -0.2) is 0 Å². The normalized spacial score (nSPS) is 29.6. The molecule has 0 unspecified atom stereocenters. The van der Waals surface area contributed by atoms with Gasteiger partial charge in [-0.3, -0.25) is 0 Å². The highest BCUT2D eigenvalue weighted by atomic mass is 16.5. The zero-order chi connectivity index (χ0) is 17.2. The van der Waals surface area contributed by atoms with Gasteiger partial charge in [-0.1, -0.05) is 32.3 Å². The first-order chi connectivity index (χ1) is 11.4. The molecule has 3 rings (SSSR count). The average Bonchev–Trinajstić information content (AvgIpc) is 3.11. The van der Waals surface area contributed by atoms with Crippen LogP contribution >= 0.6 is 0 Å². The van der Waals surface area contributed by atoms with E-state index >= 15 is 0 Å². The maximum atomic E-state index is 6.25. The fourth-order valence-electron chi connectivity index (χ4n) is 4.58. The van der Waals surface area contributed by atoms with Gasteiger partial charge >= 0.3 is 0 Å². The highest BCUT2D eigenvalue weighted by molar-refractivity contribution is 5.20. The van der Waals surface area contributed by atoms with Crippen LogP contribution in [0, 0.1) is 5.41 Å². The largest absolute Gasteiger partial charge is 0.374 e. The third-order valence-electron chi connectivity index (χ3n) is 5.86. The van der Waals surface area contributed by atoms with Gasteiger partial charge in [0.1, 0.15) is 6.26 Å². The van der Waals surface area contributed by atoms with Crippen LogP contribution in [0.2, 0.25) is 0 Å². The number of nitrogens with zero attached hydrogens (tertiary/aromatic N) is 2. The highest BCUT2D eigenvalue weighted by Crippen LogP contribution is 2.49. The minimum atomic E-state index is 0.141. The molecule has 1 spiro atoms. The van der Waals surface area contributed by atoms with Crippen LogP contribution in [0.5, 0.6) is 0 Å². The molecule has 0 N–H and O–H groups in total. The molecule has 136 valence electrons. The molecule has 0 aromatic carbocycles. The van der Waals surface area contributed by atoms with Crippen LogP contribution in [0.25, 0.3) is 0 Å². The Labute approximate surface area is 146 Å². The first-order valence-electron chi connectivity index (χ1n) is 9.69. The lowest BCUT2D eigenvalue weighted by molar-refractivity contribution is -0.0297. The number of ether oxygens (including phenoxy) is 1. The minimum absolute atomic E-state index is 0.141. The predicted octanol–water partition coefficient (Wildman–Crippen LogP) is 4.75. The van der Waals surface area contributed by atoms with E-state index in [-0.39, 0.29) is 5.60 Å². The van der Waals surface area contributed by atoms with Crippen LogP contribution in [0.4, 0.5) is 0 Å². The van der Waals surface area contributed by atoms with Crippen LogP contribution in [0.1, 0.15) is 82.9 Å². The van der Waals surface area contributed by atoms with Crippen LogP contribution in [0.3, 0.4) is 0 Å². The summed E-state index contributed by atoms with van der Waals surface area (Å²) in [5.41, 5.74) is 2.96. The van der Waals surface area contributed by atoms with E-state index in [2.05, 4.69) is 37.9 Å². The number of hydrogen-bond donors (Lipinski definition) is 0. The van der Waals surface area contributed by atoms with Crippen LogP contribution in [-0.2, 0) is 11.3 Å². The summed E-state index contributed by atoms with van der Waals surface area (Å²) < 4.78 is 11.6. The van der Waals surface area contributed by atoms with Crippen LogP contribution < -0.4 is 0 Å². The Morgan fingerprint density at radius 1 is 1.29 bits per heavy atom. The van der Waals surface area contributed by atoms with E-state index in [4.69, 9.17) is 9.26 Å². The first kappa shape index (κ1) is 17.9. The summed E-state index contributed by atoms with van der Waals surface area (Å²) in [6, 6.07) is 0. The molecule has 0 amide bonds. The topological polar surface area (TPSA) is 38.5 Å². The van der Waals surface area contributed by atoms with E-state index in [1.54, 1.807) is 0 Å². The van der Waals surface area contributed by atoms with Gasteiger partial charge < -0.3 is 14.2 Å². The van der Waals surface area contributed by atoms with E-state index < -0.39 is 0 Å². The molecule has 0 bridgehead atoms. The second-order valence-corrected chi connectivity index (χ2v) is 8.90. The van der Waals surface area contributed by atoms with Gasteiger partial charge in [0, 0.05) is 18.0 Å². The van der Waals surface area contributed by atoms with Crippen molar-refractivity contribution in [2.75, 3.05) is 20.2 Å². The van der Waals surface area contributed by atoms with Crippen molar-refractivity contribution in [3.63, 3.8) is 0 Å². The summed E-state index contributed by atoms with van der Waals surface area (Å²) in [5.74, 6) is 0.538. The third kappa shape index (κ3) is 4.02. The SMILES string of the molecule is CCCCN(C)Cc1conc1C1CCC2(CC1)CC(C)(C)CO2. The van der Waals surface area contributed by atoms with Crippen LogP contribution in [0.15, 0.2) is 10.8 Å². The number of hydrogen-bond acceptors (Lipinski definition) is 4. The summed E-state index contributed by atoms with van der Waals surface area (Å²) in [7, 11) is 2.19. The Kier molecular flexibility index (Phi) is 5.36. The molecule has 1 saturated heterocycles. The predicted molar refractivity (Wildman–Crippen MR) is 96.0 cm³/mol. The quantitative estimate of drug-likeness (QED) is 0.752. The van der Waals surface area contributed by atoms with Gasteiger partial charge in [-0.05, 0) is 57.5 Å². The smallest absolute Gasteiger partial charge is 0.128 e. The number of unbranched alkanes of at least 4 members (excludes halogenated alkanes) is 1. The maximum absolute atomic E-state index is 6.25. The lowest BCUT2D eigenvalue weighted by Crippen LogP contribution is -2.33. The molecule has 1 aliphatic heterocycles. The van der Waals surface area contributed by atoms with Gasteiger partial charge in [0.15, 0.2) is 0 Å². The molecular formula is C20H34N2O2. The Morgan fingerprint density at radius 3 is 2.67 bits per heavy atom. The van der Waals surface area contributed by atoms with E-state index in [0.717, 1.165) is 19.7 Å². The molecule has 1 aliphatic carbocycles. The van der Waals surface area contributed by atoms with Gasteiger partial charge in [0.25, 0.3) is 0 Å². The second kappa shape index (κ2) is 7.17. The molecule has 2 aliphatic rings. The zero-order valence-electron chi connectivity index (χ0n) is 15.9. The molecule has 24 heavy (non-hydrogen) atoms. The zero-order valence-corrected chi connectivity index (χ0v) is 15.9. The summed E-state index contributed by atoms with van der Waals surface area (Å²) >= 11 is 0. The van der Waals surface area contributed by atoms with Crippen molar-refractivity contribution in [2.45, 2.75) is 83.8 Å². The molecule has 0 radical (unpaired) electrons. The van der Waals surface area contributed by atoms with Crippen molar-refractivity contribution in [1.82, 2.24) is 10.1 Å². The van der Waals surface area contributed by atoms with Crippen molar-refractivity contribution in [1.29, 1.82) is 0 Å². The van der Waals surface area contributed by atoms with Gasteiger partial charge in [0.2, 0.25) is 0 Å². The fourth-order valence-corrected chi connectivity index (χ4v) is 4.58. The molecule has 1 saturated carbocycles. The Hall–Kier alpha value is -0.870. The summed E-state index contributed by atoms with van der Waals surface area (Å²) in [4.78, 5) is 2.38. The summed E-state index contributed by atoms with van der Waals surface area (Å²) in [5, 5.41) is 4.37. The maximum Gasteiger partial charge on any atom is 0.128 e. The lowest BCUT2D eigenvalue weighted by atomic mass is 9.72. The Morgan fingerprint density at radius 2 is 2.04 bits per heavy atom. The lowest BCUT2D eigenvalue weighted by Gasteiger charge is -2.36. The summed E-state index contributed by atoms with van der Waals surface area (Å²) in [6.07, 6.45) is 10.2. The Balaban J connectivity index is 1.58. The van der Waals surface area contributed by atoms with Crippen LogP contribution in [-0.4, -0.2) is 35.9 Å². The molecule has 0 atom stereocenters. The molecular weight excluding hydrogens is 300 g/mol. The first-order valence-corrected chi connectivity index (χ1v) is 9.69. The van der Waals surface area contributed by atoms with E-state index in [9.17, 15) is 0 Å². The van der Waals surface area contributed by atoms with Crippen molar-refractivity contribution in [2.24, 2.45) is 5.41 Å². The minimum Gasteiger partial charge on any atom is -0.374 e. The van der Waals surface area contributed by atoms with Crippen molar-refractivity contribution in [3.05, 3.63) is 17.5 Å². The summed E-state index contributed by atoms with van der Waals surface area (Å²) in [6.45, 7) is 9.89. The van der Waals surface area contributed by atoms with Gasteiger partial charge in [-0.2, -0.15) is 0 Å². The number of aromatic nitrogens is 1. The average molecular weight is 335 g/mol. The second-order valence-electron chi connectivity index (χ2n) is 8.90. The molecule has 1 aromatic heterocycles. The Bertz CT molecular complexity index is 529. The van der Waals surface area contributed by atoms with E-state index in [1.165, 1.54) is 56.2 Å².